The van der Waals surface area contributed by atoms with Gasteiger partial charge in [-0.05, 0) is 63.0 Å². The topological polar surface area (TPSA) is 46.1 Å². The third kappa shape index (κ3) is 3.14. The maximum Gasteiger partial charge on any atom is 0.224 e. The number of aryl methyl sites for hydroxylation is 1. The number of nitrogens with zero attached hydrogens (tertiary/aromatic N) is 1. The number of rotatable bonds is 4. The quantitative estimate of drug-likeness (QED) is 0.752. The first kappa shape index (κ1) is 16.2. The smallest absolute Gasteiger partial charge is 0.224 e. The minimum atomic E-state index is 0.130. The fourth-order valence-corrected chi connectivity index (χ4v) is 4.03. The summed E-state index contributed by atoms with van der Waals surface area (Å²) in [7, 11) is 0. The largest absolute Gasteiger partial charge is 0.341 e. The Morgan fingerprint density at radius 1 is 1.12 bits per heavy atom. The van der Waals surface area contributed by atoms with Gasteiger partial charge in [-0.2, -0.15) is 0 Å². The summed E-state index contributed by atoms with van der Waals surface area (Å²) < 4.78 is 2.32. The molecule has 0 saturated carbocycles. The average molecular weight is 335 g/mol. The van der Waals surface area contributed by atoms with Gasteiger partial charge in [0.2, 0.25) is 5.91 Å². The van der Waals surface area contributed by atoms with Gasteiger partial charge in [0.1, 0.15) is 0 Å². The number of para-hydroxylation sites is 1. The number of carbonyl (C=O) groups excluding carboxylic acids is 1. The van der Waals surface area contributed by atoms with Crippen molar-refractivity contribution in [1.82, 2.24) is 9.88 Å². The summed E-state index contributed by atoms with van der Waals surface area (Å²) in [6.07, 6.45) is 2.81. The minimum Gasteiger partial charge on any atom is -0.341 e. The molecule has 4 nitrogen and oxygen atoms in total. The number of aromatic nitrogens is 1. The second kappa shape index (κ2) is 6.89. The summed E-state index contributed by atoms with van der Waals surface area (Å²) in [4.78, 5) is 12.4. The van der Waals surface area contributed by atoms with Crippen molar-refractivity contribution in [3.8, 4) is 0 Å². The molecular formula is C21H25N3O. The first-order valence-electron chi connectivity index (χ1n) is 9.28. The maximum atomic E-state index is 12.4. The van der Waals surface area contributed by atoms with Crippen LogP contribution in [0.15, 0.2) is 42.5 Å². The van der Waals surface area contributed by atoms with Gasteiger partial charge in [0, 0.05) is 40.5 Å². The van der Waals surface area contributed by atoms with E-state index in [0.717, 1.165) is 38.2 Å². The molecule has 2 aromatic carbocycles. The van der Waals surface area contributed by atoms with Crippen LogP contribution in [0.3, 0.4) is 0 Å². The average Bonchev–Trinajstić information content (AvgIpc) is 2.95. The van der Waals surface area contributed by atoms with Crippen molar-refractivity contribution in [1.29, 1.82) is 0 Å². The summed E-state index contributed by atoms with van der Waals surface area (Å²) in [6, 6.07) is 14.7. The fraction of sp³-hybridized carbons (Fsp3) is 0.381. The molecule has 4 heteroatoms. The van der Waals surface area contributed by atoms with E-state index in [1.807, 2.05) is 6.07 Å². The molecule has 1 aliphatic heterocycles. The number of fused-ring (bicyclic) bond motifs is 3. The van der Waals surface area contributed by atoms with Crippen LogP contribution in [0.1, 0.15) is 26.2 Å². The van der Waals surface area contributed by atoms with Crippen LogP contribution >= 0.6 is 0 Å². The number of amides is 1. The van der Waals surface area contributed by atoms with E-state index in [-0.39, 0.29) is 5.91 Å². The van der Waals surface area contributed by atoms with Gasteiger partial charge in [0.15, 0.2) is 0 Å². The van der Waals surface area contributed by atoms with Crippen molar-refractivity contribution in [3.63, 3.8) is 0 Å². The van der Waals surface area contributed by atoms with Crippen molar-refractivity contribution in [2.75, 3.05) is 18.4 Å². The van der Waals surface area contributed by atoms with E-state index < -0.39 is 0 Å². The third-order valence-electron chi connectivity index (χ3n) is 5.31. The maximum absolute atomic E-state index is 12.4. The summed E-state index contributed by atoms with van der Waals surface area (Å²) in [6.45, 7) is 5.16. The Morgan fingerprint density at radius 2 is 1.88 bits per heavy atom. The van der Waals surface area contributed by atoms with E-state index in [1.54, 1.807) is 0 Å². The molecule has 0 unspecified atom stereocenters. The lowest BCUT2D eigenvalue weighted by atomic mass is 9.94. The molecule has 1 aliphatic rings. The molecule has 2 heterocycles. The van der Waals surface area contributed by atoms with Crippen molar-refractivity contribution >= 4 is 33.4 Å². The molecule has 1 aromatic heterocycles. The molecule has 0 spiro atoms. The molecule has 1 amide bonds. The standard InChI is InChI=1S/C21H25N3O/c1-2-24-19-6-4-3-5-17(19)18-14-16(7-8-20(18)24)23-21(25)13-15-9-11-22-12-10-15/h3-8,14-15,22H,2,9-13H2,1H3,(H,23,25). The lowest BCUT2D eigenvalue weighted by Gasteiger charge is -2.21. The highest BCUT2D eigenvalue weighted by molar-refractivity contribution is 6.09. The number of hydrogen-bond donors (Lipinski definition) is 2. The highest BCUT2D eigenvalue weighted by atomic mass is 16.1. The monoisotopic (exact) mass is 335 g/mol. The molecule has 0 atom stereocenters. The summed E-state index contributed by atoms with van der Waals surface area (Å²) >= 11 is 0. The lowest BCUT2D eigenvalue weighted by molar-refractivity contribution is -0.117. The Morgan fingerprint density at radius 3 is 2.68 bits per heavy atom. The Balaban J connectivity index is 1.60. The van der Waals surface area contributed by atoms with Crippen molar-refractivity contribution < 1.29 is 4.79 Å². The molecule has 0 radical (unpaired) electrons. The fourth-order valence-electron chi connectivity index (χ4n) is 4.03. The molecule has 4 rings (SSSR count). The van der Waals surface area contributed by atoms with Gasteiger partial charge in [0.25, 0.3) is 0 Å². The van der Waals surface area contributed by atoms with E-state index in [2.05, 4.69) is 58.5 Å². The predicted octanol–water partition coefficient (Wildman–Crippen LogP) is 4.14. The first-order chi connectivity index (χ1) is 12.3. The van der Waals surface area contributed by atoms with Crippen LogP contribution in [0, 0.1) is 5.92 Å². The number of piperidine rings is 1. The van der Waals surface area contributed by atoms with Crippen LogP contribution in [0.25, 0.3) is 21.8 Å². The highest BCUT2D eigenvalue weighted by Gasteiger charge is 2.17. The number of anilines is 1. The van der Waals surface area contributed by atoms with Gasteiger partial charge in [-0.3, -0.25) is 4.79 Å². The van der Waals surface area contributed by atoms with Crippen LogP contribution in [-0.2, 0) is 11.3 Å². The molecular weight excluding hydrogens is 310 g/mol. The number of hydrogen-bond acceptors (Lipinski definition) is 2. The number of nitrogens with one attached hydrogen (secondary N) is 2. The highest BCUT2D eigenvalue weighted by Crippen LogP contribution is 2.31. The van der Waals surface area contributed by atoms with Gasteiger partial charge < -0.3 is 15.2 Å². The summed E-state index contributed by atoms with van der Waals surface area (Å²) in [5.41, 5.74) is 3.36. The zero-order valence-corrected chi connectivity index (χ0v) is 14.7. The Kier molecular flexibility index (Phi) is 4.45. The van der Waals surface area contributed by atoms with E-state index in [4.69, 9.17) is 0 Å². The molecule has 0 bridgehead atoms. The molecule has 130 valence electrons. The molecule has 25 heavy (non-hydrogen) atoms. The predicted molar refractivity (Wildman–Crippen MR) is 104 cm³/mol. The Hall–Kier alpha value is -2.33. The van der Waals surface area contributed by atoms with Gasteiger partial charge in [0.05, 0.1) is 0 Å². The van der Waals surface area contributed by atoms with Crippen LogP contribution < -0.4 is 10.6 Å². The normalized spacial score (nSPS) is 15.7. The molecule has 1 fully saturated rings. The van der Waals surface area contributed by atoms with E-state index >= 15 is 0 Å². The Bertz CT molecular complexity index is 906. The van der Waals surface area contributed by atoms with E-state index in [1.165, 1.54) is 21.8 Å². The van der Waals surface area contributed by atoms with E-state index in [9.17, 15) is 4.79 Å². The Labute approximate surface area is 148 Å². The number of carbonyl (C=O) groups is 1. The molecule has 3 aromatic rings. The SMILES string of the molecule is CCn1c2ccccc2c2cc(NC(=O)CC3CCNCC3)ccc21. The van der Waals surface area contributed by atoms with E-state index in [0.29, 0.717) is 12.3 Å². The second-order valence-corrected chi connectivity index (χ2v) is 6.94. The van der Waals surface area contributed by atoms with Crippen molar-refractivity contribution in [2.45, 2.75) is 32.7 Å². The molecule has 1 saturated heterocycles. The van der Waals surface area contributed by atoms with Crippen LogP contribution in [0.5, 0.6) is 0 Å². The summed E-state index contributed by atoms with van der Waals surface area (Å²) in [5.74, 6) is 0.637. The van der Waals surface area contributed by atoms with Gasteiger partial charge >= 0.3 is 0 Å². The van der Waals surface area contributed by atoms with Crippen LogP contribution in [0.4, 0.5) is 5.69 Å². The minimum absolute atomic E-state index is 0.130. The van der Waals surface area contributed by atoms with Crippen molar-refractivity contribution in [2.24, 2.45) is 5.92 Å². The van der Waals surface area contributed by atoms with Crippen LogP contribution in [-0.4, -0.2) is 23.6 Å². The molecule has 0 aliphatic carbocycles. The third-order valence-corrected chi connectivity index (χ3v) is 5.31. The van der Waals surface area contributed by atoms with Gasteiger partial charge in [-0.25, -0.2) is 0 Å². The molecule has 2 N–H and O–H groups in total. The van der Waals surface area contributed by atoms with Crippen LogP contribution in [0.2, 0.25) is 0 Å². The second-order valence-electron chi connectivity index (χ2n) is 6.94. The lowest BCUT2D eigenvalue weighted by Crippen LogP contribution is -2.30. The first-order valence-corrected chi connectivity index (χ1v) is 9.28. The number of benzene rings is 2. The van der Waals surface area contributed by atoms with Gasteiger partial charge in [-0.1, -0.05) is 18.2 Å². The van der Waals surface area contributed by atoms with Gasteiger partial charge in [-0.15, -0.1) is 0 Å². The zero-order chi connectivity index (χ0) is 17.2. The zero-order valence-electron chi connectivity index (χ0n) is 14.7. The van der Waals surface area contributed by atoms with Crippen molar-refractivity contribution in [3.05, 3.63) is 42.5 Å². The summed E-state index contributed by atoms with van der Waals surface area (Å²) in [5, 5.41) is 8.90.